The van der Waals surface area contributed by atoms with Crippen molar-refractivity contribution in [1.82, 2.24) is 0 Å². The maximum atomic E-state index is 5.23. The highest BCUT2D eigenvalue weighted by Crippen LogP contribution is 2.35. The molecule has 0 spiro atoms. The number of fused-ring (bicyclic) bond motifs is 2. The Labute approximate surface area is 197 Å². The Hall–Kier alpha value is -3.08. The number of hydrogen-bond donors (Lipinski definition) is 0. The van der Waals surface area contributed by atoms with Gasteiger partial charge in [-0.3, -0.25) is 0 Å². The molecular weight excluding hydrogens is 428 g/mol. The van der Waals surface area contributed by atoms with Gasteiger partial charge in [0.25, 0.3) is 0 Å². The summed E-state index contributed by atoms with van der Waals surface area (Å²) in [5.74, 6) is 2.03. The van der Waals surface area contributed by atoms with Gasteiger partial charge in [0.1, 0.15) is 0 Å². The van der Waals surface area contributed by atoms with E-state index in [0.717, 1.165) is 45.4 Å². The minimum atomic E-state index is 0.880. The second-order valence-corrected chi connectivity index (χ2v) is 9.56. The third kappa shape index (κ3) is 4.72. The molecule has 4 heteroatoms. The van der Waals surface area contributed by atoms with E-state index in [1.165, 1.54) is 9.79 Å². The van der Waals surface area contributed by atoms with Gasteiger partial charge in [-0.2, -0.15) is 0 Å². The number of para-hydroxylation sites is 2. The molecule has 156 valence electrons. The van der Waals surface area contributed by atoms with Crippen LogP contribution in [-0.4, -0.2) is 22.9 Å². The number of benzene rings is 4. The summed E-state index contributed by atoms with van der Waals surface area (Å²) in [4.78, 5) is 12.9. The van der Waals surface area contributed by atoms with E-state index in [0.29, 0.717) is 0 Å². The largest absolute Gasteiger partial charge is 0.245 e. The molecule has 0 atom stereocenters. The van der Waals surface area contributed by atoms with Crippen molar-refractivity contribution in [2.45, 2.75) is 9.79 Å². The lowest BCUT2D eigenvalue weighted by Crippen LogP contribution is -2.17. The normalized spacial score (nSPS) is 14.1. The third-order valence-corrected chi connectivity index (χ3v) is 7.50. The first-order valence-electron chi connectivity index (χ1n) is 10.6. The molecule has 4 aromatic rings. The van der Waals surface area contributed by atoms with Gasteiger partial charge in [-0.05, 0) is 24.3 Å². The molecule has 0 unspecified atom stereocenters. The molecule has 0 N–H and O–H groups in total. The molecule has 0 radical (unpaired) electrons. The van der Waals surface area contributed by atoms with Crippen molar-refractivity contribution in [1.29, 1.82) is 0 Å². The molecule has 1 aliphatic rings. The number of thioether (sulfide) groups is 2. The van der Waals surface area contributed by atoms with E-state index in [2.05, 4.69) is 97.1 Å². The Bertz CT molecular complexity index is 1160. The minimum Gasteiger partial charge on any atom is -0.245 e. The Kier molecular flexibility index (Phi) is 6.52. The third-order valence-electron chi connectivity index (χ3n) is 5.11. The second kappa shape index (κ2) is 10.0. The number of rotatable bonds is 2. The van der Waals surface area contributed by atoms with Crippen molar-refractivity contribution in [2.24, 2.45) is 9.98 Å². The summed E-state index contributed by atoms with van der Waals surface area (Å²) in [5.41, 5.74) is 5.84. The Morgan fingerprint density at radius 2 is 0.812 bits per heavy atom. The summed E-state index contributed by atoms with van der Waals surface area (Å²) in [6, 6.07) is 37.5. The molecule has 1 heterocycles. The SMILES string of the molecule is c1ccc(C2=Nc3ccccc3SCCSc3ccccc3N=C2c2ccccc2)cc1. The quantitative estimate of drug-likeness (QED) is 0.311. The van der Waals surface area contributed by atoms with Crippen LogP contribution in [0.5, 0.6) is 0 Å². The summed E-state index contributed by atoms with van der Waals surface area (Å²) in [6.07, 6.45) is 0. The molecule has 5 rings (SSSR count). The van der Waals surface area contributed by atoms with Gasteiger partial charge in [-0.25, -0.2) is 9.98 Å². The van der Waals surface area contributed by atoms with Crippen LogP contribution in [0.25, 0.3) is 0 Å². The molecule has 0 aromatic heterocycles. The van der Waals surface area contributed by atoms with Gasteiger partial charge in [0, 0.05) is 32.4 Å². The van der Waals surface area contributed by atoms with Gasteiger partial charge in [-0.15, -0.1) is 23.5 Å². The summed E-state index contributed by atoms with van der Waals surface area (Å²) in [7, 11) is 0. The Balaban J connectivity index is 1.81. The summed E-state index contributed by atoms with van der Waals surface area (Å²) in [6.45, 7) is 0. The lowest BCUT2D eigenvalue weighted by atomic mass is 9.99. The molecule has 0 saturated heterocycles. The molecule has 0 fully saturated rings. The predicted octanol–water partition coefficient (Wildman–Crippen LogP) is 7.83. The van der Waals surface area contributed by atoms with Gasteiger partial charge in [0.2, 0.25) is 0 Å². The lowest BCUT2D eigenvalue weighted by molar-refractivity contribution is 1.34. The molecule has 0 aliphatic carbocycles. The zero-order valence-corrected chi connectivity index (χ0v) is 19.2. The summed E-state index contributed by atoms with van der Waals surface area (Å²) in [5, 5.41) is 0. The van der Waals surface area contributed by atoms with Crippen molar-refractivity contribution in [3.05, 3.63) is 120 Å². The Morgan fingerprint density at radius 3 is 1.25 bits per heavy atom. The van der Waals surface area contributed by atoms with Crippen LogP contribution in [0.15, 0.2) is 129 Å². The highest BCUT2D eigenvalue weighted by Gasteiger charge is 2.17. The molecule has 1 aliphatic heterocycles. The van der Waals surface area contributed by atoms with Crippen LogP contribution in [0.1, 0.15) is 11.1 Å². The van der Waals surface area contributed by atoms with Crippen LogP contribution in [0, 0.1) is 0 Å². The van der Waals surface area contributed by atoms with E-state index in [1.807, 2.05) is 35.7 Å². The molecular formula is C28H22N2S2. The van der Waals surface area contributed by atoms with E-state index in [4.69, 9.17) is 9.98 Å². The highest BCUT2D eigenvalue weighted by atomic mass is 32.2. The number of hydrogen-bond acceptors (Lipinski definition) is 4. The van der Waals surface area contributed by atoms with Gasteiger partial charge >= 0.3 is 0 Å². The molecule has 2 nitrogen and oxygen atoms in total. The van der Waals surface area contributed by atoms with E-state index in [1.54, 1.807) is 0 Å². The average Bonchev–Trinajstić information content (AvgIpc) is 2.86. The van der Waals surface area contributed by atoms with Crippen LogP contribution in [0.4, 0.5) is 11.4 Å². The van der Waals surface area contributed by atoms with Gasteiger partial charge in [0.05, 0.1) is 22.8 Å². The Morgan fingerprint density at radius 1 is 0.438 bits per heavy atom. The fourth-order valence-electron chi connectivity index (χ4n) is 3.59. The van der Waals surface area contributed by atoms with Crippen LogP contribution in [0.2, 0.25) is 0 Å². The topological polar surface area (TPSA) is 24.7 Å². The van der Waals surface area contributed by atoms with E-state index >= 15 is 0 Å². The van der Waals surface area contributed by atoms with Crippen molar-refractivity contribution in [3.8, 4) is 0 Å². The molecule has 0 amide bonds. The smallest absolute Gasteiger partial charge is 0.0972 e. The van der Waals surface area contributed by atoms with Crippen molar-refractivity contribution >= 4 is 46.3 Å². The monoisotopic (exact) mass is 450 g/mol. The number of aliphatic imine (C=N–C) groups is 2. The first-order valence-corrected chi connectivity index (χ1v) is 12.6. The summed E-state index contributed by atoms with van der Waals surface area (Å²) < 4.78 is 0. The standard InChI is InChI=1S/C28H22N2S2/c1-3-11-21(12-4-1)27-28(22-13-5-2-6-14-22)30-24-16-8-10-18-26(24)32-20-19-31-25-17-9-7-15-23(25)29-27/h1-18H,19-20H2. The zero-order chi connectivity index (χ0) is 21.6. The van der Waals surface area contributed by atoms with Crippen LogP contribution in [-0.2, 0) is 0 Å². The van der Waals surface area contributed by atoms with E-state index in [9.17, 15) is 0 Å². The second-order valence-electron chi connectivity index (χ2n) is 7.29. The molecule has 0 bridgehead atoms. The fraction of sp³-hybridized carbons (Fsp3) is 0.0714. The predicted molar refractivity (Wildman–Crippen MR) is 140 cm³/mol. The highest BCUT2D eigenvalue weighted by molar-refractivity contribution is 8.03. The molecule has 32 heavy (non-hydrogen) atoms. The first-order chi connectivity index (χ1) is 15.9. The average molecular weight is 451 g/mol. The zero-order valence-electron chi connectivity index (χ0n) is 17.5. The summed E-state index contributed by atoms with van der Waals surface area (Å²) >= 11 is 3.73. The number of nitrogens with zero attached hydrogens (tertiary/aromatic N) is 2. The minimum absolute atomic E-state index is 0.880. The maximum absolute atomic E-state index is 5.23. The van der Waals surface area contributed by atoms with E-state index in [-0.39, 0.29) is 0 Å². The van der Waals surface area contributed by atoms with Gasteiger partial charge < -0.3 is 0 Å². The van der Waals surface area contributed by atoms with Crippen LogP contribution >= 0.6 is 23.5 Å². The van der Waals surface area contributed by atoms with Crippen molar-refractivity contribution in [3.63, 3.8) is 0 Å². The van der Waals surface area contributed by atoms with Crippen molar-refractivity contribution in [2.75, 3.05) is 11.5 Å². The first kappa shape index (κ1) is 20.8. The molecule has 0 saturated carbocycles. The fourth-order valence-corrected chi connectivity index (χ4v) is 5.57. The van der Waals surface area contributed by atoms with Crippen molar-refractivity contribution < 1.29 is 0 Å². The van der Waals surface area contributed by atoms with Gasteiger partial charge in [-0.1, -0.05) is 84.9 Å². The molecule has 4 aromatic carbocycles. The maximum Gasteiger partial charge on any atom is 0.0972 e. The lowest BCUT2D eigenvalue weighted by Gasteiger charge is -2.15. The van der Waals surface area contributed by atoms with Crippen LogP contribution in [0.3, 0.4) is 0 Å². The van der Waals surface area contributed by atoms with E-state index < -0.39 is 0 Å². The van der Waals surface area contributed by atoms with Crippen LogP contribution < -0.4 is 0 Å². The van der Waals surface area contributed by atoms with Gasteiger partial charge in [0.15, 0.2) is 0 Å².